The van der Waals surface area contributed by atoms with Crippen molar-refractivity contribution < 1.29 is 30.8 Å². The van der Waals surface area contributed by atoms with E-state index in [1.165, 1.54) is 25.1 Å². The van der Waals surface area contributed by atoms with Crippen LogP contribution < -0.4 is 5.32 Å². The summed E-state index contributed by atoms with van der Waals surface area (Å²) >= 11 is 6.11. The number of alkyl halides is 4. The molecule has 1 amide bonds. The summed E-state index contributed by atoms with van der Waals surface area (Å²) in [5, 5.41) is 2.88. The van der Waals surface area contributed by atoms with Gasteiger partial charge >= 0.3 is 0 Å². The summed E-state index contributed by atoms with van der Waals surface area (Å²) < 4.78 is 80.5. The van der Waals surface area contributed by atoms with Crippen molar-refractivity contribution in [3.05, 3.63) is 34.3 Å². The van der Waals surface area contributed by atoms with Gasteiger partial charge in [-0.3, -0.25) is 9.69 Å². The maximum absolute atomic E-state index is 14.0. The number of nitrogens with one attached hydrogen (secondary N) is 1. The predicted octanol–water partition coefficient (Wildman–Crippen LogP) is 4.14. The summed E-state index contributed by atoms with van der Waals surface area (Å²) in [6, 6.07) is 4.23. The topological polar surface area (TPSA) is 69.7 Å². The van der Waals surface area contributed by atoms with Gasteiger partial charge in [0.05, 0.1) is 10.6 Å². The van der Waals surface area contributed by atoms with Gasteiger partial charge in [-0.05, 0) is 37.0 Å². The average molecular weight is 528 g/mol. The number of halogens is 5. The van der Waals surface area contributed by atoms with Crippen molar-refractivity contribution in [2.45, 2.75) is 62.7 Å². The zero-order valence-electron chi connectivity index (χ0n) is 19.0. The van der Waals surface area contributed by atoms with Gasteiger partial charge in [-0.1, -0.05) is 24.6 Å². The molecule has 1 unspecified atom stereocenters. The second-order valence-electron chi connectivity index (χ2n) is 8.96. The highest BCUT2D eigenvalue weighted by Gasteiger charge is 2.48. The van der Waals surface area contributed by atoms with Crippen molar-refractivity contribution in [3.8, 4) is 0 Å². The molecule has 6 nitrogen and oxygen atoms in total. The van der Waals surface area contributed by atoms with Gasteiger partial charge in [-0.15, -0.1) is 0 Å². The Bertz CT molecular complexity index is 978. The van der Waals surface area contributed by atoms with Crippen molar-refractivity contribution in [2.24, 2.45) is 0 Å². The minimum atomic E-state index is -4.07. The van der Waals surface area contributed by atoms with Gasteiger partial charge in [0.2, 0.25) is 21.4 Å². The predicted molar refractivity (Wildman–Crippen MR) is 122 cm³/mol. The van der Waals surface area contributed by atoms with Crippen LogP contribution >= 0.6 is 11.6 Å². The van der Waals surface area contributed by atoms with Crippen LogP contribution in [0.2, 0.25) is 5.02 Å². The Morgan fingerprint density at radius 1 is 1.15 bits per heavy atom. The molecule has 1 aliphatic carbocycles. The van der Waals surface area contributed by atoms with Crippen molar-refractivity contribution in [1.29, 1.82) is 0 Å². The van der Waals surface area contributed by atoms with Gasteiger partial charge in [0.1, 0.15) is 6.67 Å². The fraction of sp³-hybridized carbons (Fsp3) is 0.682. The molecule has 1 heterocycles. The number of nitrogens with zero attached hydrogens (tertiary/aromatic N) is 2. The van der Waals surface area contributed by atoms with Crippen LogP contribution in [0.4, 0.5) is 17.6 Å². The quantitative estimate of drug-likeness (QED) is 0.516. The molecule has 192 valence electrons. The number of carbonyl (C=O) groups is 1. The van der Waals surface area contributed by atoms with E-state index >= 15 is 0 Å². The second kappa shape index (κ2) is 10.7. The third kappa shape index (κ3) is 5.85. The van der Waals surface area contributed by atoms with Crippen LogP contribution in [0.5, 0.6) is 0 Å². The molecule has 1 atom stereocenters. The first-order valence-corrected chi connectivity index (χ1v) is 13.2. The number of hydrogen-bond acceptors (Lipinski definition) is 4. The summed E-state index contributed by atoms with van der Waals surface area (Å²) in [7, 11) is -4.07. The van der Waals surface area contributed by atoms with E-state index < -0.39 is 39.6 Å². The lowest BCUT2D eigenvalue weighted by molar-refractivity contribution is -0.0856. The van der Waals surface area contributed by atoms with Crippen LogP contribution in [0, 0.1) is 0 Å². The van der Waals surface area contributed by atoms with Gasteiger partial charge in [0.15, 0.2) is 0 Å². The molecule has 1 saturated carbocycles. The summed E-state index contributed by atoms with van der Waals surface area (Å²) in [6.07, 6.45) is -0.627. The summed E-state index contributed by atoms with van der Waals surface area (Å²) in [5.41, 5.74) is -2.29. The Labute approximate surface area is 202 Å². The van der Waals surface area contributed by atoms with E-state index in [0.717, 1.165) is 4.31 Å². The molecule has 34 heavy (non-hydrogen) atoms. The van der Waals surface area contributed by atoms with E-state index in [1.54, 1.807) is 0 Å². The minimum Gasteiger partial charge on any atom is -0.350 e. The average Bonchev–Trinajstić information content (AvgIpc) is 2.82. The molecule has 0 radical (unpaired) electrons. The maximum atomic E-state index is 14.0. The van der Waals surface area contributed by atoms with Crippen molar-refractivity contribution >= 4 is 27.5 Å². The molecule has 3 rings (SSSR count). The SMILES string of the molecule is CCC(F)S(=O)(=O)N1CCN(C2(CNC(=O)c3ccc(CF)cc3Cl)CCC(F)(F)CC2)CC1. The highest BCUT2D eigenvalue weighted by atomic mass is 35.5. The second-order valence-corrected chi connectivity index (χ2v) is 11.4. The number of benzene rings is 1. The maximum Gasteiger partial charge on any atom is 0.252 e. The highest BCUT2D eigenvalue weighted by molar-refractivity contribution is 7.89. The molecule has 1 aliphatic heterocycles. The van der Waals surface area contributed by atoms with Crippen LogP contribution in [0.3, 0.4) is 0 Å². The molecule has 12 heteroatoms. The van der Waals surface area contributed by atoms with Crippen molar-refractivity contribution in [3.63, 3.8) is 0 Å². The number of piperazine rings is 1. The van der Waals surface area contributed by atoms with Crippen molar-refractivity contribution in [1.82, 2.24) is 14.5 Å². The van der Waals surface area contributed by atoms with E-state index in [2.05, 4.69) is 5.32 Å². The number of sulfonamides is 1. The largest absolute Gasteiger partial charge is 0.350 e. The summed E-state index contributed by atoms with van der Waals surface area (Å²) in [4.78, 5) is 14.7. The lowest BCUT2D eigenvalue weighted by atomic mass is 9.78. The van der Waals surface area contributed by atoms with E-state index in [1.807, 2.05) is 4.90 Å². The molecule has 2 aliphatic rings. The highest BCUT2D eigenvalue weighted by Crippen LogP contribution is 2.42. The molecule has 0 aromatic heterocycles. The Kier molecular flexibility index (Phi) is 8.53. The standard InChI is InChI=1S/C22H30ClF4N3O3S/c1-2-19(25)34(32,33)30-11-9-29(10-12-30)21(5-7-22(26,27)8-6-21)15-28-20(31)17-4-3-16(14-24)13-18(17)23/h3-4,13,19H,2,5-12,14-15H2,1H3,(H,28,31). The number of hydrogen-bond donors (Lipinski definition) is 1. The normalized spacial score (nSPS) is 22.3. The molecule has 0 bridgehead atoms. The van der Waals surface area contributed by atoms with Gasteiger partial charge in [-0.2, -0.15) is 4.31 Å². The lowest BCUT2D eigenvalue weighted by Crippen LogP contribution is -2.63. The monoisotopic (exact) mass is 527 g/mol. The first-order chi connectivity index (χ1) is 15.9. The van der Waals surface area contributed by atoms with Crippen LogP contribution in [0.25, 0.3) is 0 Å². The molecule has 1 N–H and O–H groups in total. The minimum absolute atomic E-state index is 0.0470. The van der Waals surface area contributed by atoms with Crippen molar-refractivity contribution in [2.75, 3.05) is 32.7 Å². The van der Waals surface area contributed by atoms with Gasteiger partial charge in [-0.25, -0.2) is 26.0 Å². The summed E-state index contributed by atoms with van der Waals surface area (Å²) in [5.74, 6) is -3.30. The first kappa shape index (κ1) is 27.2. The fourth-order valence-corrected chi connectivity index (χ4v) is 6.35. The third-order valence-corrected chi connectivity index (χ3v) is 9.21. The Morgan fingerprint density at radius 2 is 1.76 bits per heavy atom. The lowest BCUT2D eigenvalue weighted by Gasteiger charge is -2.50. The zero-order valence-corrected chi connectivity index (χ0v) is 20.6. The molecule has 2 fully saturated rings. The molecular formula is C22H30ClF4N3O3S. The van der Waals surface area contributed by atoms with E-state index in [0.29, 0.717) is 5.56 Å². The van der Waals surface area contributed by atoms with Crippen LogP contribution in [0.1, 0.15) is 54.9 Å². The van der Waals surface area contributed by atoms with E-state index in [-0.39, 0.29) is 75.4 Å². The number of amides is 1. The van der Waals surface area contributed by atoms with Crippen LogP contribution in [-0.4, -0.2) is 73.2 Å². The molecule has 1 aromatic rings. The number of carbonyl (C=O) groups excluding carboxylic acids is 1. The third-order valence-electron chi connectivity index (χ3n) is 6.84. The molecular weight excluding hydrogens is 498 g/mol. The van der Waals surface area contributed by atoms with Crippen LogP contribution in [0.15, 0.2) is 18.2 Å². The van der Waals surface area contributed by atoms with E-state index in [4.69, 9.17) is 11.6 Å². The summed E-state index contributed by atoms with van der Waals surface area (Å²) in [6.45, 7) is 1.37. The van der Waals surface area contributed by atoms with Gasteiger partial charge in [0.25, 0.3) is 5.91 Å². The number of rotatable bonds is 8. The van der Waals surface area contributed by atoms with Crippen LogP contribution in [-0.2, 0) is 16.7 Å². The van der Waals surface area contributed by atoms with Gasteiger partial charge < -0.3 is 5.32 Å². The smallest absolute Gasteiger partial charge is 0.252 e. The first-order valence-electron chi connectivity index (χ1n) is 11.3. The van der Waals surface area contributed by atoms with E-state index in [9.17, 15) is 30.8 Å². The Balaban J connectivity index is 1.73. The molecule has 1 saturated heterocycles. The zero-order chi connectivity index (χ0) is 25.1. The molecule has 0 spiro atoms. The molecule has 1 aromatic carbocycles. The fourth-order valence-electron chi connectivity index (χ4n) is 4.64. The Hall–Kier alpha value is -1.43. The Morgan fingerprint density at radius 3 is 2.29 bits per heavy atom. The van der Waals surface area contributed by atoms with Gasteiger partial charge in [0, 0.05) is 51.1 Å².